The molecule has 2 unspecified atom stereocenters. The maximum atomic E-state index is 13.5. The van der Waals surface area contributed by atoms with Gasteiger partial charge in [-0.2, -0.15) is 0 Å². The van der Waals surface area contributed by atoms with Crippen LogP contribution in [0, 0.1) is 11.7 Å². The lowest BCUT2D eigenvalue weighted by molar-refractivity contribution is -0.120. The van der Waals surface area contributed by atoms with Crippen molar-refractivity contribution >= 4 is 17.7 Å². The molecule has 1 aliphatic heterocycles. The van der Waals surface area contributed by atoms with Crippen LogP contribution in [-0.4, -0.2) is 36.2 Å². The summed E-state index contributed by atoms with van der Waals surface area (Å²) in [5.41, 5.74) is 7.27. The number of Topliss-reactive ketones (excluding diaryl/α,β-unsaturated/α-hetero) is 1. The largest absolute Gasteiger partial charge is 0.465 e. The van der Waals surface area contributed by atoms with E-state index in [2.05, 4.69) is 24.3 Å². The van der Waals surface area contributed by atoms with Crippen molar-refractivity contribution in [2.45, 2.75) is 38.1 Å². The van der Waals surface area contributed by atoms with Crippen molar-refractivity contribution in [1.82, 2.24) is 4.90 Å². The third-order valence-electron chi connectivity index (χ3n) is 8.55. The number of fused-ring (bicyclic) bond motifs is 1. The SMILES string of the molecule is COC(=O)c1cccc(-c2ccc(CCC(=O)C3CC3c3ccccc3)c3c2CCN(C(=O)c2ccc(F)cc2)C3)c1. The maximum Gasteiger partial charge on any atom is 0.337 e. The lowest BCUT2D eigenvalue weighted by Crippen LogP contribution is -2.36. The number of rotatable bonds is 8. The van der Waals surface area contributed by atoms with Crippen LogP contribution in [0.1, 0.15) is 61.7 Å². The summed E-state index contributed by atoms with van der Waals surface area (Å²) in [6.45, 7) is 0.909. The highest BCUT2D eigenvalue weighted by molar-refractivity contribution is 5.94. The topological polar surface area (TPSA) is 63.7 Å². The van der Waals surface area contributed by atoms with E-state index in [9.17, 15) is 18.8 Å². The molecule has 42 heavy (non-hydrogen) atoms. The van der Waals surface area contributed by atoms with Crippen LogP contribution in [0.4, 0.5) is 4.39 Å². The average Bonchev–Trinajstić information content (AvgIpc) is 3.85. The molecule has 4 aromatic rings. The number of nitrogens with zero attached hydrogens (tertiary/aromatic N) is 1. The smallest absolute Gasteiger partial charge is 0.337 e. The molecule has 0 saturated heterocycles. The monoisotopic (exact) mass is 561 g/mol. The minimum absolute atomic E-state index is 0.0695. The molecule has 0 N–H and O–H groups in total. The molecule has 0 bridgehead atoms. The van der Waals surface area contributed by atoms with Crippen LogP contribution in [0.25, 0.3) is 11.1 Å². The number of hydrogen-bond acceptors (Lipinski definition) is 4. The molecule has 6 heteroatoms. The highest BCUT2D eigenvalue weighted by Crippen LogP contribution is 2.48. The molecule has 1 saturated carbocycles. The molecule has 1 aliphatic carbocycles. The summed E-state index contributed by atoms with van der Waals surface area (Å²) >= 11 is 0. The number of carbonyl (C=O) groups excluding carboxylic acids is 3. The van der Waals surface area contributed by atoms with E-state index in [-0.39, 0.29) is 23.4 Å². The van der Waals surface area contributed by atoms with Crippen LogP contribution >= 0.6 is 0 Å². The summed E-state index contributed by atoms with van der Waals surface area (Å²) in [7, 11) is 1.36. The van der Waals surface area contributed by atoms with Gasteiger partial charge in [0.05, 0.1) is 12.7 Å². The van der Waals surface area contributed by atoms with Gasteiger partial charge in [0.15, 0.2) is 0 Å². The molecule has 0 aromatic heterocycles. The Morgan fingerprint density at radius 1 is 0.881 bits per heavy atom. The molecule has 2 atom stereocenters. The van der Waals surface area contributed by atoms with Crippen LogP contribution in [0.3, 0.4) is 0 Å². The van der Waals surface area contributed by atoms with Gasteiger partial charge in [0.1, 0.15) is 11.6 Å². The summed E-state index contributed by atoms with van der Waals surface area (Å²) in [4.78, 5) is 40.6. The molecular weight excluding hydrogens is 529 g/mol. The second-order valence-electron chi connectivity index (χ2n) is 11.1. The highest BCUT2D eigenvalue weighted by Gasteiger charge is 2.43. The quantitative estimate of drug-likeness (QED) is 0.223. The highest BCUT2D eigenvalue weighted by atomic mass is 19.1. The van der Waals surface area contributed by atoms with E-state index in [1.165, 1.54) is 36.9 Å². The number of ketones is 1. The van der Waals surface area contributed by atoms with Crippen LogP contribution in [0.15, 0.2) is 91.0 Å². The van der Waals surface area contributed by atoms with Gasteiger partial charge in [-0.15, -0.1) is 0 Å². The summed E-state index contributed by atoms with van der Waals surface area (Å²) in [5, 5.41) is 0. The van der Waals surface area contributed by atoms with E-state index in [0.717, 1.165) is 34.2 Å². The first kappa shape index (κ1) is 27.6. The number of hydrogen-bond donors (Lipinski definition) is 0. The number of esters is 1. The molecule has 1 heterocycles. The summed E-state index contributed by atoms with van der Waals surface area (Å²) in [6, 6.07) is 27.3. The van der Waals surface area contributed by atoms with Crippen LogP contribution in [-0.2, 0) is 28.9 Å². The fourth-order valence-electron chi connectivity index (χ4n) is 6.19. The molecule has 1 amide bonds. The number of ether oxygens (including phenoxy) is 1. The van der Waals surface area contributed by atoms with E-state index >= 15 is 0 Å². The molecular formula is C36H32FNO4. The van der Waals surface area contributed by atoms with Gasteiger partial charge in [-0.1, -0.05) is 54.6 Å². The number of benzene rings is 4. The Balaban J connectivity index is 1.28. The first-order valence-corrected chi connectivity index (χ1v) is 14.4. The summed E-state index contributed by atoms with van der Waals surface area (Å²) < 4.78 is 18.4. The lowest BCUT2D eigenvalue weighted by Gasteiger charge is -2.32. The number of amides is 1. The second-order valence-corrected chi connectivity index (χ2v) is 11.1. The van der Waals surface area contributed by atoms with Crippen molar-refractivity contribution in [3.05, 3.63) is 130 Å². The molecule has 0 spiro atoms. The summed E-state index contributed by atoms with van der Waals surface area (Å²) in [5.74, 6) is -0.273. The fourth-order valence-corrected chi connectivity index (χ4v) is 6.19. The Kier molecular flexibility index (Phi) is 7.70. The van der Waals surface area contributed by atoms with E-state index in [4.69, 9.17) is 4.74 Å². The minimum Gasteiger partial charge on any atom is -0.465 e. The van der Waals surface area contributed by atoms with Gasteiger partial charge >= 0.3 is 5.97 Å². The molecule has 2 aliphatic rings. The molecule has 1 fully saturated rings. The van der Waals surface area contributed by atoms with Gasteiger partial charge in [-0.25, -0.2) is 9.18 Å². The van der Waals surface area contributed by atoms with Gasteiger partial charge in [-0.3, -0.25) is 9.59 Å². The van der Waals surface area contributed by atoms with Gasteiger partial charge < -0.3 is 9.64 Å². The molecule has 212 valence electrons. The third-order valence-corrected chi connectivity index (χ3v) is 8.55. The van der Waals surface area contributed by atoms with Crippen LogP contribution in [0.5, 0.6) is 0 Å². The first-order valence-electron chi connectivity index (χ1n) is 14.4. The van der Waals surface area contributed by atoms with Crippen molar-refractivity contribution < 1.29 is 23.5 Å². The molecule has 5 nitrogen and oxygen atoms in total. The fraction of sp³-hybridized carbons (Fsp3) is 0.250. The van der Waals surface area contributed by atoms with E-state index in [1.54, 1.807) is 11.0 Å². The van der Waals surface area contributed by atoms with Crippen molar-refractivity contribution in [2.24, 2.45) is 5.92 Å². The normalized spacial score (nSPS) is 17.3. The number of aryl methyl sites for hydroxylation is 1. The Labute approximate surface area is 244 Å². The molecule has 0 radical (unpaired) electrons. The first-order chi connectivity index (χ1) is 20.4. The van der Waals surface area contributed by atoms with Crippen LogP contribution < -0.4 is 0 Å². The van der Waals surface area contributed by atoms with Gasteiger partial charge in [0.2, 0.25) is 0 Å². The van der Waals surface area contributed by atoms with Crippen molar-refractivity contribution in [2.75, 3.05) is 13.7 Å². The second kappa shape index (κ2) is 11.7. The third kappa shape index (κ3) is 5.62. The Hall–Kier alpha value is -4.58. The van der Waals surface area contributed by atoms with E-state index < -0.39 is 5.97 Å². The predicted molar refractivity (Wildman–Crippen MR) is 159 cm³/mol. The maximum absolute atomic E-state index is 13.5. The Bertz CT molecular complexity index is 1650. The standard InChI is InChI=1S/C36H32FNO4/c1-42-36(41)27-9-5-8-26(20-27)29-16-12-24(13-17-34(39)32-21-31(32)23-6-3-2-4-7-23)33-22-38(19-18-30(29)33)35(40)25-10-14-28(37)15-11-25/h2-12,14-16,20,31-32H,13,17-19,21-22H2,1H3. The van der Waals surface area contributed by atoms with Crippen molar-refractivity contribution in [3.63, 3.8) is 0 Å². The zero-order chi connectivity index (χ0) is 29.2. The summed E-state index contributed by atoms with van der Waals surface area (Å²) in [6.07, 6.45) is 2.57. The van der Waals surface area contributed by atoms with Crippen molar-refractivity contribution in [1.29, 1.82) is 0 Å². The number of methoxy groups -OCH3 is 1. The van der Waals surface area contributed by atoms with E-state index in [0.29, 0.717) is 49.4 Å². The number of carbonyl (C=O) groups is 3. The van der Waals surface area contributed by atoms with Gasteiger partial charge in [0.25, 0.3) is 5.91 Å². The van der Waals surface area contributed by atoms with Gasteiger partial charge in [-0.05, 0) is 95.0 Å². The predicted octanol–water partition coefficient (Wildman–Crippen LogP) is 6.78. The average molecular weight is 562 g/mol. The Morgan fingerprint density at radius 3 is 2.43 bits per heavy atom. The van der Waals surface area contributed by atoms with Crippen molar-refractivity contribution in [3.8, 4) is 11.1 Å². The van der Waals surface area contributed by atoms with Gasteiger partial charge in [0, 0.05) is 31.0 Å². The Morgan fingerprint density at radius 2 is 1.67 bits per heavy atom. The lowest BCUT2D eigenvalue weighted by atomic mass is 9.85. The minimum atomic E-state index is -0.397. The number of halogens is 1. The molecule has 6 rings (SSSR count). The zero-order valence-corrected chi connectivity index (χ0v) is 23.5. The van der Waals surface area contributed by atoms with Crippen LogP contribution in [0.2, 0.25) is 0 Å². The molecule has 4 aromatic carbocycles. The zero-order valence-electron chi connectivity index (χ0n) is 23.5. The van der Waals surface area contributed by atoms with E-state index in [1.807, 2.05) is 36.4 Å².